The molecule has 1 saturated heterocycles. The lowest BCUT2D eigenvalue weighted by Gasteiger charge is -2.25. The number of rotatable bonds is 3. The Morgan fingerprint density at radius 3 is 2.68 bits per heavy atom. The Morgan fingerprint density at radius 2 is 2.11 bits per heavy atom. The summed E-state index contributed by atoms with van der Waals surface area (Å²) in [7, 11) is 1.67. The van der Waals surface area contributed by atoms with Gasteiger partial charge in [-0.15, -0.1) is 0 Å². The zero-order chi connectivity index (χ0) is 13.8. The van der Waals surface area contributed by atoms with Crippen molar-refractivity contribution in [2.24, 2.45) is 5.73 Å². The van der Waals surface area contributed by atoms with E-state index in [0.29, 0.717) is 0 Å². The number of likely N-dealkylation sites (N-methyl/N-ethyl adjacent to an activating group) is 1. The lowest BCUT2D eigenvalue weighted by atomic mass is 10.2. The minimum atomic E-state index is -0.0865. The van der Waals surface area contributed by atoms with Crippen LogP contribution < -0.4 is 21.3 Å². The second-order valence-corrected chi connectivity index (χ2v) is 4.55. The fraction of sp³-hybridized carbons (Fsp3) is 0.385. The van der Waals surface area contributed by atoms with Crippen molar-refractivity contribution < 1.29 is 4.79 Å². The van der Waals surface area contributed by atoms with E-state index in [1.807, 2.05) is 24.3 Å². The maximum Gasteiger partial charge on any atom is 0.242 e. The largest absolute Gasteiger partial charge is 0.370 e. The third-order valence-corrected chi connectivity index (χ3v) is 3.28. The van der Waals surface area contributed by atoms with Gasteiger partial charge in [-0.05, 0) is 37.1 Å². The quantitative estimate of drug-likeness (QED) is 0.476. The average molecular weight is 261 g/mol. The number of anilines is 2. The van der Waals surface area contributed by atoms with E-state index in [4.69, 9.17) is 11.1 Å². The van der Waals surface area contributed by atoms with Crippen molar-refractivity contribution >= 4 is 23.2 Å². The van der Waals surface area contributed by atoms with Crippen LogP contribution in [0.1, 0.15) is 12.8 Å². The van der Waals surface area contributed by atoms with E-state index >= 15 is 0 Å². The van der Waals surface area contributed by atoms with Gasteiger partial charge in [0.1, 0.15) is 6.04 Å². The fourth-order valence-corrected chi connectivity index (χ4v) is 2.41. The lowest BCUT2D eigenvalue weighted by molar-refractivity contribution is -0.121. The maximum atomic E-state index is 11.8. The third kappa shape index (κ3) is 2.96. The molecule has 1 fully saturated rings. The van der Waals surface area contributed by atoms with Crippen molar-refractivity contribution in [2.75, 3.05) is 23.8 Å². The Labute approximate surface area is 112 Å². The van der Waals surface area contributed by atoms with E-state index in [0.717, 1.165) is 30.8 Å². The zero-order valence-electron chi connectivity index (χ0n) is 10.9. The standard InChI is InChI=1S/C13H19N5O/c1-16-12(19)11-3-2-8-18(11)10-6-4-9(5-7-10)17-13(14)15/h4-7,11H,2-3,8H2,1H3,(H,16,19)(H4,14,15,17). The van der Waals surface area contributed by atoms with Crippen LogP contribution in [0.5, 0.6) is 0 Å². The molecule has 5 N–H and O–H groups in total. The topological polar surface area (TPSA) is 94.2 Å². The number of hydrogen-bond acceptors (Lipinski definition) is 3. The van der Waals surface area contributed by atoms with Gasteiger partial charge in [0.25, 0.3) is 0 Å². The summed E-state index contributed by atoms with van der Waals surface area (Å²) in [5.74, 6) is -0.0272. The Balaban J connectivity index is 2.12. The molecule has 102 valence electrons. The van der Waals surface area contributed by atoms with Crippen LogP contribution in [0.4, 0.5) is 11.4 Å². The molecule has 6 heteroatoms. The van der Waals surface area contributed by atoms with Crippen LogP contribution in [0, 0.1) is 5.41 Å². The highest BCUT2D eigenvalue weighted by Crippen LogP contribution is 2.26. The molecular weight excluding hydrogens is 242 g/mol. The highest BCUT2D eigenvalue weighted by molar-refractivity contribution is 5.90. The van der Waals surface area contributed by atoms with E-state index < -0.39 is 0 Å². The molecule has 1 aliphatic rings. The van der Waals surface area contributed by atoms with Gasteiger partial charge in [-0.2, -0.15) is 0 Å². The molecule has 1 heterocycles. The molecule has 0 aliphatic carbocycles. The first kappa shape index (κ1) is 13.2. The minimum absolute atomic E-state index is 0.0587. The van der Waals surface area contributed by atoms with Crippen LogP contribution >= 0.6 is 0 Å². The number of nitrogens with two attached hydrogens (primary N) is 1. The Morgan fingerprint density at radius 1 is 1.42 bits per heavy atom. The summed E-state index contributed by atoms with van der Waals surface area (Å²) in [6, 6.07) is 7.50. The van der Waals surface area contributed by atoms with E-state index in [1.165, 1.54) is 0 Å². The predicted octanol–water partition coefficient (Wildman–Crippen LogP) is 0.707. The van der Waals surface area contributed by atoms with Crippen LogP contribution in [0.15, 0.2) is 24.3 Å². The van der Waals surface area contributed by atoms with Gasteiger partial charge in [0, 0.05) is 25.0 Å². The number of hydrogen-bond donors (Lipinski definition) is 4. The van der Waals surface area contributed by atoms with Gasteiger partial charge in [-0.3, -0.25) is 10.2 Å². The Hall–Kier alpha value is -2.24. The van der Waals surface area contributed by atoms with Gasteiger partial charge in [-0.25, -0.2) is 0 Å². The van der Waals surface area contributed by atoms with Gasteiger partial charge >= 0.3 is 0 Å². The Kier molecular flexibility index (Phi) is 3.89. The lowest BCUT2D eigenvalue weighted by Crippen LogP contribution is -2.41. The molecule has 1 aliphatic heterocycles. The van der Waals surface area contributed by atoms with Gasteiger partial charge in [0.15, 0.2) is 5.96 Å². The average Bonchev–Trinajstić information content (AvgIpc) is 2.87. The van der Waals surface area contributed by atoms with Crippen molar-refractivity contribution in [3.05, 3.63) is 24.3 Å². The summed E-state index contributed by atoms with van der Waals surface area (Å²) < 4.78 is 0. The summed E-state index contributed by atoms with van der Waals surface area (Å²) >= 11 is 0. The number of amides is 1. The van der Waals surface area contributed by atoms with Crippen LogP contribution in [0.25, 0.3) is 0 Å². The van der Waals surface area contributed by atoms with Crippen LogP contribution in [0.2, 0.25) is 0 Å². The molecule has 0 bridgehead atoms. The van der Waals surface area contributed by atoms with Crippen LogP contribution in [0.3, 0.4) is 0 Å². The number of guanidine groups is 1. The van der Waals surface area contributed by atoms with Gasteiger partial charge < -0.3 is 21.3 Å². The van der Waals surface area contributed by atoms with Gasteiger partial charge in [-0.1, -0.05) is 0 Å². The monoisotopic (exact) mass is 261 g/mol. The second-order valence-electron chi connectivity index (χ2n) is 4.55. The predicted molar refractivity (Wildman–Crippen MR) is 76.4 cm³/mol. The SMILES string of the molecule is CNC(=O)C1CCCN1c1ccc(NC(=N)N)cc1. The summed E-state index contributed by atoms with van der Waals surface area (Å²) in [6.45, 7) is 0.886. The van der Waals surface area contributed by atoms with Crippen LogP contribution in [-0.4, -0.2) is 31.5 Å². The van der Waals surface area contributed by atoms with Crippen LogP contribution in [-0.2, 0) is 4.79 Å². The molecule has 0 saturated carbocycles. The summed E-state index contributed by atoms with van der Waals surface area (Å²) in [5, 5.41) is 12.6. The fourth-order valence-electron chi connectivity index (χ4n) is 2.41. The first-order valence-electron chi connectivity index (χ1n) is 6.31. The van der Waals surface area contributed by atoms with E-state index in [9.17, 15) is 4.79 Å². The first-order chi connectivity index (χ1) is 9.11. The normalized spacial score (nSPS) is 18.2. The van der Waals surface area contributed by atoms with Crippen molar-refractivity contribution in [1.29, 1.82) is 5.41 Å². The molecule has 0 aromatic heterocycles. The summed E-state index contributed by atoms with van der Waals surface area (Å²) in [5.41, 5.74) is 7.06. The highest BCUT2D eigenvalue weighted by atomic mass is 16.2. The van der Waals surface area contributed by atoms with Crippen molar-refractivity contribution in [3.8, 4) is 0 Å². The van der Waals surface area contributed by atoms with Crippen molar-refractivity contribution in [2.45, 2.75) is 18.9 Å². The molecule has 1 atom stereocenters. The molecule has 19 heavy (non-hydrogen) atoms. The molecular formula is C13H19N5O. The molecule has 2 rings (SSSR count). The smallest absolute Gasteiger partial charge is 0.242 e. The Bertz CT molecular complexity index is 470. The molecule has 1 unspecified atom stereocenters. The van der Waals surface area contributed by atoms with E-state index in [2.05, 4.69) is 15.5 Å². The summed E-state index contributed by atoms with van der Waals surface area (Å²) in [4.78, 5) is 13.9. The number of carbonyl (C=O) groups excluding carboxylic acids is 1. The second kappa shape index (κ2) is 5.60. The molecule has 0 radical (unpaired) electrons. The number of carbonyl (C=O) groups is 1. The van der Waals surface area contributed by atoms with Crippen molar-refractivity contribution in [1.82, 2.24) is 5.32 Å². The van der Waals surface area contributed by atoms with Crippen molar-refractivity contribution in [3.63, 3.8) is 0 Å². The summed E-state index contributed by atoms with van der Waals surface area (Å²) in [6.07, 6.45) is 1.90. The minimum Gasteiger partial charge on any atom is -0.370 e. The maximum absolute atomic E-state index is 11.8. The molecule has 0 spiro atoms. The first-order valence-corrected chi connectivity index (χ1v) is 6.31. The number of nitrogens with one attached hydrogen (secondary N) is 3. The third-order valence-electron chi connectivity index (χ3n) is 3.28. The molecule has 1 amide bonds. The number of nitrogens with zero attached hydrogens (tertiary/aromatic N) is 1. The van der Waals surface area contributed by atoms with Gasteiger partial charge in [0.05, 0.1) is 0 Å². The molecule has 6 nitrogen and oxygen atoms in total. The van der Waals surface area contributed by atoms with E-state index in [-0.39, 0.29) is 17.9 Å². The highest BCUT2D eigenvalue weighted by Gasteiger charge is 2.29. The van der Waals surface area contributed by atoms with E-state index in [1.54, 1.807) is 7.05 Å². The number of benzene rings is 1. The molecule has 1 aromatic rings. The molecule has 1 aromatic carbocycles. The zero-order valence-corrected chi connectivity index (χ0v) is 10.9. The van der Waals surface area contributed by atoms with Gasteiger partial charge in [0.2, 0.25) is 5.91 Å².